The van der Waals surface area contributed by atoms with Crippen molar-refractivity contribution in [3.05, 3.63) is 71.3 Å². The Morgan fingerprint density at radius 1 is 1.12 bits per heavy atom. The molecule has 0 aliphatic carbocycles. The van der Waals surface area contributed by atoms with Crippen molar-refractivity contribution in [1.29, 1.82) is 0 Å². The van der Waals surface area contributed by atoms with Gasteiger partial charge in [-0.1, -0.05) is 54.6 Å². The molecule has 2 aromatic rings. The van der Waals surface area contributed by atoms with Crippen molar-refractivity contribution in [1.82, 2.24) is 10.2 Å². The lowest BCUT2D eigenvalue weighted by Crippen LogP contribution is -2.51. The molecule has 0 radical (unpaired) electrons. The van der Waals surface area contributed by atoms with Crippen molar-refractivity contribution < 1.29 is 9.59 Å². The number of carbonyl (C=O) groups is 2. The second kappa shape index (κ2) is 7.38. The number of carbonyl (C=O) groups excluding carboxylic acids is 2. The Morgan fingerprint density at radius 3 is 2.58 bits per heavy atom. The van der Waals surface area contributed by atoms with Gasteiger partial charge in [-0.15, -0.1) is 0 Å². The summed E-state index contributed by atoms with van der Waals surface area (Å²) < 4.78 is 0. The minimum Gasteiger partial charge on any atom is -0.353 e. The minimum absolute atomic E-state index is 0.00770. The third kappa shape index (κ3) is 3.37. The van der Waals surface area contributed by atoms with Gasteiger partial charge in [0.05, 0.1) is 6.54 Å². The van der Waals surface area contributed by atoms with Crippen LogP contribution in [0.2, 0.25) is 0 Å². The van der Waals surface area contributed by atoms with Crippen molar-refractivity contribution in [3.63, 3.8) is 0 Å². The molecule has 1 fully saturated rings. The summed E-state index contributed by atoms with van der Waals surface area (Å²) in [4.78, 5) is 27.0. The summed E-state index contributed by atoms with van der Waals surface area (Å²) in [5.41, 5.74) is 8.10. The summed E-state index contributed by atoms with van der Waals surface area (Å²) in [7, 11) is 0. The molecule has 1 amide bonds. The first-order chi connectivity index (χ1) is 11.7. The zero-order chi connectivity index (χ0) is 16.9. The SMILES string of the molecule is NCc1ccccc1C(=O)CN1CCNC(=O)C1c1ccccc1. The Morgan fingerprint density at radius 2 is 1.83 bits per heavy atom. The topological polar surface area (TPSA) is 75.4 Å². The van der Waals surface area contributed by atoms with E-state index >= 15 is 0 Å². The molecule has 0 aromatic heterocycles. The van der Waals surface area contributed by atoms with E-state index in [-0.39, 0.29) is 18.2 Å². The van der Waals surface area contributed by atoms with E-state index in [1.165, 1.54) is 0 Å². The van der Waals surface area contributed by atoms with Gasteiger partial charge in [-0.05, 0) is 11.1 Å². The first-order valence-corrected chi connectivity index (χ1v) is 8.08. The van der Waals surface area contributed by atoms with Gasteiger partial charge in [-0.2, -0.15) is 0 Å². The summed E-state index contributed by atoms with van der Waals surface area (Å²) in [6.07, 6.45) is 0. The van der Waals surface area contributed by atoms with Crippen molar-refractivity contribution >= 4 is 11.7 Å². The number of benzene rings is 2. The number of nitrogens with two attached hydrogens (primary N) is 1. The normalized spacial score (nSPS) is 18.2. The molecule has 0 bridgehead atoms. The first kappa shape index (κ1) is 16.4. The monoisotopic (exact) mass is 323 g/mol. The van der Waals surface area contributed by atoms with Gasteiger partial charge in [0.25, 0.3) is 0 Å². The maximum Gasteiger partial charge on any atom is 0.242 e. The fourth-order valence-electron chi connectivity index (χ4n) is 3.12. The Balaban J connectivity index is 1.84. The van der Waals surface area contributed by atoms with E-state index in [9.17, 15) is 9.59 Å². The third-order valence-corrected chi connectivity index (χ3v) is 4.31. The Bertz CT molecular complexity index is 730. The molecule has 3 N–H and O–H groups in total. The smallest absolute Gasteiger partial charge is 0.242 e. The number of rotatable bonds is 5. The predicted molar refractivity (Wildman–Crippen MR) is 92.4 cm³/mol. The largest absolute Gasteiger partial charge is 0.353 e. The van der Waals surface area contributed by atoms with Crippen LogP contribution >= 0.6 is 0 Å². The molecule has 5 nitrogen and oxygen atoms in total. The summed E-state index contributed by atoms with van der Waals surface area (Å²) in [6, 6.07) is 16.5. The molecule has 1 atom stereocenters. The van der Waals surface area contributed by atoms with Gasteiger partial charge in [-0.3, -0.25) is 14.5 Å². The van der Waals surface area contributed by atoms with Crippen molar-refractivity contribution in [2.75, 3.05) is 19.6 Å². The van der Waals surface area contributed by atoms with Crippen LogP contribution < -0.4 is 11.1 Å². The van der Waals surface area contributed by atoms with Gasteiger partial charge in [0.15, 0.2) is 5.78 Å². The molecule has 124 valence electrons. The Labute approximate surface area is 141 Å². The van der Waals surface area contributed by atoms with Crippen molar-refractivity contribution in [3.8, 4) is 0 Å². The molecule has 0 saturated carbocycles. The molecule has 24 heavy (non-hydrogen) atoms. The zero-order valence-corrected chi connectivity index (χ0v) is 13.4. The number of piperazine rings is 1. The number of amides is 1. The van der Waals surface area contributed by atoms with Crippen LogP contribution in [0.4, 0.5) is 0 Å². The molecule has 2 aromatic carbocycles. The van der Waals surface area contributed by atoms with Crippen LogP contribution in [0.5, 0.6) is 0 Å². The predicted octanol–water partition coefficient (Wildman–Crippen LogP) is 1.50. The van der Waals surface area contributed by atoms with E-state index in [4.69, 9.17) is 5.73 Å². The van der Waals surface area contributed by atoms with Gasteiger partial charge in [0.2, 0.25) is 5.91 Å². The van der Waals surface area contributed by atoms with Crippen molar-refractivity contribution in [2.45, 2.75) is 12.6 Å². The maximum atomic E-state index is 12.7. The molecule has 1 heterocycles. The van der Waals surface area contributed by atoms with Crippen LogP contribution in [0.15, 0.2) is 54.6 Å². The van der Waals surface area contributed by atoms with Gasteiger partial charge in [0, 0.05) is 25.2 Å². The second-order valence-electron chi connectivity index (χ2n) is 5.86. The quantitative estimate of drug-likeness (QED) is 0.818. The van der Waals surface area contributed by atoms with Gasteiger partial charge in [0.1, 0.15) is 6.04 Å². The molecule has 0 spiro atoms. The molecular formula is C19H21N3O2. The van der Waals surface area contributed by atoms with Gasteiger partial charge >= 0.3 is 0 Å². The highest BCUT2D eigenvalue weighted by Crippen LogP contribution is 2.23. The molecule has 1 saturated heterocycles. The summed E-state index contributed by atoms with van der Waals surface area (Å²) in [5, 5.41) is 2.88. The lowest BCUT2D eigenvalue weighted by atomic mass is 9.99. The molecule has 3 rings (SSSR count). The number of hydrogen-bond acceptors (Lipinski definition) is 4. The van der Waals surface area contributed by atoms with E-state index in [2.05, 4.69) is 5.32 Å². The van der Waals surface area contributed by atoms with E-state index in [0.29, 0.717) is 25.2 Å². The summed E-state index contributed by atoms with van der Waals surface area (Å²) in [6.45, 7) is 1.71. The highest BCUT2D eigenvalue weighted by molar-refractivity contribution is 5.99. The van der Waals surface area contributed by atoms with E-state index in [0.717, 1.165) is 11.1 Å². The van der Waals surface area contributed by atoms with Crippen LogP contribution in [0.3, 0.4) is 0 Å². The van der Waals surface area contributed by atoms with E-state index in [1.54, 1.807) is 6.07 Å². The fourth-order valence-corrected chi connectivity index (χ4v) is 3.12. The van der Waals surface area contributed by atoms with Crippen LogP contribution in [-0.2, 0) is 11.3 Å². The molecule has 1 aliphatic heterocycles. The van der Waals surface area contributed by atoms with Crippen LogP contribution in [0.25, 0.3) is 0 Å². The summed E-state index contributed by atoms with van der Waals surface area (Å²) in [5.74, 6) is -0.0703. The minimum atomic E-state index is -0.436. The molecule has 1 aliphatic rings. The highest BCUT2D eigenvalue weighted by Gasteiger charge is 2.32. The molecule has 1 unspecified atom stereocenters. The highest BCUT2D eigenvalue weighted by atomic mass is 16.2. The lowest BCUT2D eigenvalue weighted by Gasteiger charge is -2.34. The third-order valence-electron chi connectivity index (χ3n) is 4.31. The number of nitrogens with zero attached hydrogens (tertiary/aromatic N) is 1. The van der Waals surface area contributed by atoms with Crippen LogP contribution in [0, 0.1) is 0 Å². The number of hydrogen-bond donors (Lipinski definition) is 2. The summed E-state index contributed by atoms with van der Waals surface area (Å²) >= 11 is 0. The zero-order valence-electron chi connectivity index (χ0n) is 13.4. The van der Waals surface area contributed by atoms with E-state index in [1.807, 2.05) is 53.4 Å². The standard InChI is InChI=1S/C19H21N3O2/c20-12-15-8-4-5-9-16(15)17(23)13-22-11-10-21-19(24)18(22)14-6-2-1-3-7-14/h1-9,18H,10-13,20H2,(H,21,24). The Hall–Kier alpha value is -2.50. The van der Waals surface area contributed by atoms with Crippen LogP contribution in [0.1, 0.15) is 27.5 Å². The van der Waals surface area contributed by atoms with E-state index < -0.39 is 6.04 Å². The average Bonchev–Trinajstić information content (AvgIpc) is 2.62. The van der Waals surface area contributed by atoms with Crippen molar-refractivity contribution in [2.24, 2.45) is 5.73 Å². The number of Topliss-reactive ketones (excluding diaryl/α,β-unsaturated/α-hetero) is 1. The lowest BCUT2D eigenvalue weighted by molar-refractivity contribution is -0.128. The van der Waals surface area contributed by atoms with Gasteiger partial charge in [-0.25, -0.2) is 0 Å². The second-order valence-corrected chi connectivity index (χ2v) is 5.86. The first-order valence-electron chi connectivity index (χ1n) is 8.08. The number of nitrogens with one attached hydrogen (secondary N) is 1. The average molecular weight is 323 g/mol. The fraction of sp³-hybridized carbons (Fsp3) is 0.263. The Kier molecular flexibility index (Phi) is 5.03. The van der Waals surface area contributed by atoms with Gasteiger partial charge < -0.3 is 11.1 Å². The maximum absolute atomic E-state index is 12.7. The number of ketones is 1. The van der Waals surface area contributed by atoms with Crippen LogP contribution in [-0.4, -0.2) is 36.2 Å². The molecular weight excluding hydrogens is 302 g/mol. The molecule has 5 heteroatoms.